The van der Waals surface area contributed by atoms with Crippen LogP contribution in [0.15, 0.2) is 66.1 Å². The van der Waals surface area contributed by atoms with Gasteiger partial charge in [-0.05, 0) is 25.0 Å². The number of nitrogens with zero attached hydrogens (tertiary/aromatic N) is 3. The van der Waals surface area contributed by atoms with E-state index < -0.39 is 0 Å². The third-order valence-corrected chi connectivity index (χ3v) is 4.86. The Balaban J connectivity index is 1.50. The Kier molecular flexibility index (Phi) is 6.87. The van der Waals surface area contributed by atoms with E-state index in [9.17, 15) is 9.70 Å². The van der Waals surface area contributed by atoms with Crippen molar-refractivity contribution in [3.8, 4) is 0 Å². The molecule has 1 aromatic heterocycles. The third kappa shape index (κ3) is 5.34. The van der Waals surface area contributed by atoms with E-state index in [0.717, 1.165) is 36.9 Å². The standard InChI is InChI=1S/C20H24N4O3/c25-20(17-6-2-1-3-7-17)18-9-12-23(13-10-18)15-27-16-24-11-5-4-8-19(24)14-21-22-26/h4-5,8-14,17H,1-3,6-7,15-16H2/p+1. The van der Waals surface area contributed by atoms with E-state index >= 15 is 0 Å². The predicted molar refractivity (Wildman–Crippen MR) is 101 cm³/mol. The van der Waals surface area contributed by atoms with Gasteiger partial charge in [0.25, 0.3) is 6.73 Å². The molecule has 1 aromatic rings. The van der Waals surface area contributed by atoms with Gasteiger partial charge in [0.05, 0.1) is 11.0 Å². The van der Waals surface area contributed by atoms with E-state index in [1.165, 1.54) is 12.6 Å². The Labute approximate surface area is 159 Å². The first-order chi connectivity index (χ1) is 13.3. The highest BCUT2D eigenvalue weighted by molar-refractivity contribution is 5.97. The van der Waals surface area contributed by atoms with E-state index in [1.54, 1.807) is 0 Å². The zero-order chi connectivity index (χ0) is 18.9. The van der Waals surface area contributed by atoms with Crippen molar-refractivity contribution >= 4 is 5.78 Å². The van der Waals surface area contributed by atoms with Crippen molar-refractivity contribution < 1.29 is 14.1 Å². The Hall–Kier alpha value is -2.80. The molecule has 142 valence electrons. The molecule has 0 amide bonds. The molecule has 0 aromatic carbocycles. The molecule has 0 saturated heterocycles. The molecule has 0 unspecified atom stereocenters. The van der Waals surface area contributed by atoms with E-state index in [2.05, 4.69) is 10.7 Å². The zero-order valence-electron chi connectivity index (χ0n) is 15.3. The first-order valence-corrected chi connectivity index (χ1v) is 9.28. The lowest BCUT2D eigenvalue weighted by atomic mass is 9.84. The number of allylic oxidation sites excluding steroid dienone is 3. The molecule has 1 aliphatic heterocycles. The highest BCUT2D eigenvalue weighted by Gasteiger charge is 2.22. The van der Waals surface area contributed by atoms with Gasteiger partial charge in [-0.2, -0.15) is 4.57 Å². The van der Waals surface area contributed by atoms with Crippen molar-refractivity contribution in [1.29, 1.82) is 0 Å². The molecule has 7 heteroatoms. The Morgan fingerprint density at radius 1 is 1.26 bits per heavy atom. The predicted octanol–water partition coefficient (Wildman–Crippen LogP) is 3.17. The van der Waals surface area contributed by atoms with Gasteiger partial charge >= 0.3 is 0 Å². The molecular weight excluding hydrogens is 344 g/mol. The third-order valence-electron chi connectivity index (χ3n) is 4.86. The monoisotopic (exact) mass is 369 g/mol. The summed E-state index contributed by atoms with van der Waals surface area (Å²) in [6.45, 7) is 0.682. The fourth-order valence-corrected chi connectivity index (χ4v) is 3.38. The van der Waals surface area contributed by atoms with Crippen LogP contribution in [0.5, 0.6) is 0 Å². The second-order valence-electron chi connectivity index (χ2n) is 6.72. The van der Waals surface area contributed by atoms with Crippen LogP contribution in [0.2, 0.25) is 0 Å². The van der Waals surface area contributed by atoms with Gasteiger partial charge in [-0.15, -0.1) is 4.91 Å². The van der Waals surface area contributed by atoms with E-state index in [1.807, 2.05) is 58.4 Å². The van der Waals surface area contributed by atoms with Gasteiger partial charge in [0.15, 0.2) is 18.2 Å². The van der Waals surface area contributed by atoms with Crippen LogP contribution < -0.4 is 9.99 Å². The summed E-state index contributed by atoms with van der Waals surface area (Å²) in [6, 6.07) is 3.74. The number of carbonyl (C=O) groups is 1. The van der Waals surface area contributed by atoms with Crippen LogP contribution >= 0.6 is 0 Å². The first-order valence-electron chi connectivity index (χ1n) is 9.28. The SMILES string of the molecule is O=NNC=C1C=CC=CN1COC[n+]1ccc(C(=O)C2CCCCC2)cc1. The van der Waals surface area contributed by atoms with Crippen molar-refractivity contribution in [1.82, 2.24) is 10.3 Å². The number of rotatable bonds is 8. The lowest BCUT2D eigenvalue weighted by Crippen LogP contribution is -2.36. The topological polar surface area (TPSA) is 74.9 Å². The summed E-state index contributed by atoms with van der Waals surface area (Å²) in [5, 5.41) is 2.61. The number of aromatic nitrogens is 1. The molecule has 1 fully saturated rings. The van der Waals surface area contributed by atoms with Gasteiger partial charge in [-0.1, -0.05) is 25.3 Å². The number of ether oxygens (including phenoxy) is 1. The van der Waals surface area contributed by atoms with Gasteiger partial charge in [-0.3, -0.25) is 4.79 Å². The maximum Gasteiger partial charge on any atom is 0.254 e. The lowest BCUT2D eigenvalue weighted by Gasteiger charge is -2.22. The van der Waals surface area contributed by atoms with E-state index in [4.69, 9.17) is 4.74 Å². The average Bonchev–Trinajstić information content (AvgIpc) is 2.73. The van der Waals surface area contributed by atoms with Crippen LogP contribution in [0.1, 0.15) is 42.5 Å². The summed E-state index contributed by atoms with van der Waals surface area (Å²) in [5.74, 6) is 0.448. The summed E-state index contributed by atoms with van der Waals surface area (Å²) < 4.78 is 7.61. The molecule has 1 aliphatic carbocycles. The smallest absolute Gasteiger partial charge is 0.254 e. The Bertz CT molecular complexity index is 734. The minimum atomic E-state index is 0.185. The average molecular weight is 369 g/mol. The van der Waals surface area contributed by atoms with Crippen molar-refractivity contribution in [3.05, 3.63) is 71.3 Å². The molecule has 0 atom stereocenters. The lowest BCUT2D eigenvalue weighted by molar-refractivity contribution is -0.733. The number of carbonyl (C=O) groups excluding carboxylic acids is 1. The molecule has 2 heterocycles. The molecule has 3 rings (SSSR count). The van der Waals surface area contributed by atoms with Crippen LogP contribution in [-0.2, 0) is 11.5 Å². The first kappa shape index (κ1) is 19.0. The number of Topliss-reactive ketones (excluding diaryl/α,β-unsaturated/α-hetero) is 1. The van der Waals surface area contributed by atoms with Crippen LogP contribution in [0.25, 0.3) is 0 Å². The summed E-state index contributed by atoms with van der Waals surface area (Å²) in [7, 11) is 0. The largest absolute Gasteiger partial charge is 0.323 e. The number of hydrogen-bond donors (Lipinski definition) is 1. The van der Waals surface area contributed by atoms with Crippen molar-refractivity contribution in [2.75, 3.05) is 6.73 Å². The molecular formula is C20H25N4O3+. The van der Waals surface area contributed by atoms with E-state index in [-0.39, 0.29) is 11.7 Å². The number of nitrogens with one attached hydrogen (secondary N) is 1. The number of pyridine rings is 1. The molecule has 2 aliphatic rings. The zero-order valence-corrected chi connectivity index (χ0v) is 15.3. The van der Waals surface area contributed by atoms with Crippen molar-refractivity contribution in [3.63, 3.8) is 0 Å². The fraction of sp³-hybridized carbons (Fsp3) is 0.400. The van der Waals surface area contributed by atoms with Gasteiger partial charge < -0.3 is 9.64 Å². The minimum Gasteiger partial charge on any atom is -0.323 e. The molecule has 0 radical (unpaired) electrons. The summed E-state index contributed by atoms with van der Waals surface area (Å²) >= 11 is 0. The van der Waals surface area contributed by atoms with Gasteiger partial charge in [0, 0.05) is 36.0 Å². The fourth-order valence-electron chi connectivity index (χ4n) is 3.38. The number of ketones is 1. The van der Waals surface area contributed by atoms with Gasteiger partial charge in [0.1, 0.15) is 6.73 Å². The maximum atomic E-state index is 12.6. The van der Waals surface area contributed by atoms with Crippen LogP contribution in [0.3, 0.4) is 0 Å². The molecule has 1 saturated carbocycles. The molecule has 0 spiro atoms. The van der Waals surface area contributed by atoms with Gasteiger partial charge in [0.2, 0.25) is 0 Å². The second-order valence-corrected chi connectivity index (χ2v) is 6.72. The Morgan fingerprint density at radius 2 is 2.04 bits per heavy atom. The van der Waals surface area contributed by atoms with Crippen LogP contribution in [-0.4, -0.2) is 17.4 Å². The quantitative estimate of drug-likeness (QED) is 0.330. The second kappa shape index (κ2) is 9.78. The minimum absolute atomic E-state index is 0.185. The molecule has 27 heavy (non-hydrogen) atoms. The maximum absolute atomic E-state index is 12.6. The van der Waals surface area contributed by atoms with Crippen molar-refractivity contribution in [2.24, 2.45) is 11.2 Å². The Morgan fingerprint density at radius 3 is 2.78 bits per heavy atom. The molecule has 1 N–H and O–H groups in total. The summed E-state index contributed by atoms with van der Waals surface area (Å²) in [4.78, 5) is 24.6. The van der Waals surface area contributed by atoms with E-state index in [0.29, 0.717) is 13.5 Å². The highest BCUT2D eigenvalue weighted by atomic mass is 16.5. The van der Waals surface area contributed by atoms with Crippen LogP contribution in [0, 0.1) is 10.8 Å². The molecule has 7 nitrogen and oxygen atoms in total. The molecule has 0 bridgehead atoms. The van der Waals surface area contributed by atoms with Crippen LogP contribution in [0.4, 0.5) is 0 Å². The number of hydrogen-bond acceptors (Lipinski definition) is 5. The highest BCUT2D eigenvalue weighted by Crippen LogP contribution is 2.26. The normalized spacial score (nSPS) is 18.7. The number of nitroso groups, excluding NO2 is 1. The van der Waals surface area contributed by atoms with Gasteiger partial charge in [-0.25, -0.2) is 5.43 Å². The summed E-state index contributed by atoms with van der Waals surface area (Å²) in [6.07, 6.45) is 18.3. The summed E-state index contributed by atoms with van der Waals surface area (Å²) in [5.41, 5.74) is 3.84. The van der Waals surface area contributed by atoms with Crippen molar-refractivity contribution in [2.45, 2.75) is 38.8 Å².